The number of imidazole rings is 1. The molecule has 9 nitrogen and oxygen atoms in total. The van der Waals surface area contributed by atoms with Crippen LogP contribution in [-0.2, 0) is 17.7 Å². The maximum Gasteiger partial charge on any atom is 0.338 e. The van der Waals surface area contributed by atoms with Gasteiger partial charge in [-0.3, -0.25) is 4.98 Å². The Kier molecular flexibility index (Phi) is 7.12. The van der Waals surface area contributed by atoms with Gasteiger partial charge in [-0.1, -0.05) is 61.9 Å². The molecule has 2 aromatic carbocycles. The van der Waals surface area contributed by atoms with E-state index in [-0.39, 0.29) is 0 Å². The Morgan fingerprint density at radius 3 is 2.41 bits per heavy atom. The first kappa shape index (κ1) is 24.1. The zero-order valence-electron chi connectivity index (χ0n) is 20.8. The van der Waals surface area contributed by atoms with Crippen LogP contribution >= 0.6 is 0 Å². The Labute approximate surface area is 214 Å². The molecule has 0 aliphatic heterocycles. The van der Waals surface area contributed by atoms with Gasteiger partial charge in [0.1, 0.15) is 5.82 Å². The third kappa shape index (κ3) is 5.30. The highest BCUT2D eigenvalue weighted by Gasteiger charge is 2.17. The summed E-state index contributed by atoms with van der Waals surface area (Å²) in [7, 11) is 1.38. The van der Waals surface area contributed by atoms with E-state index in [1.54, 1.807) is 18.5 Å². The number of aromatic nitrogens is 7. The van der Waals surface area contributed by atoms with Crippen LogP contribution < -0.4 is 0 Å². The molecule has 0 bridgehead atoms. The van der Waals surface area contributed by atoms with Gasteiger partial charge in [0, 0.05) is 42.7 Å². The number of ether oxygens (including phenoxy) is 1. The Hall–Kier alpha value is -4.66. The fourth-order valence-electron chi connectivity index (χ4n) is 4.24. The van der Waals surface area contributed by atoms with Crippen molar-refractivity contribution in [3.8, 4) is 33.8 Å². The molecule has 9 heteroatoms. The summed E-state index contributed by atoms with van der Waals surface area (Å²) in [5, 5.41) is 14.1. The predicted octanol–water partition coefficient (Wildman–Crippen LogP) is 4.97. The third-order valence-electron chi connectivity index (χ3n) is 6.24. The zero-order chi connectivity index (χ0) is 25.6. The summed E-state index contributed by atoms with van der Waals surface area (Å²) in [6.45, 7) is 2.84. The summed E-state index contributed by atoms with van der Waals surface area (Å²) in [4.78, 5) is 21.4. The fourth-order valence-corrected chi connectivity index (χ4v) is 4.24. The molecule has 1 N–H and O–H groups in total. The second-order valence-electron chi connectivity index (χ2n) is 8.70. The molecule has 186 valence electrons. The summed E-state index contributed by atoms with van der Waals surface area (Å²) in [6, 6.07) is 18.3. The van der Waals surface area contributed by atoms with Crippen molar-refractivity contribution in [1.82, 2.24) is 35.2 Å². The van der Waals surface area contributed by atoms with Gasteiger partial charge >= 0.3 is 5.97 Å². The molecule has 0 saturated heterocycles. The number of nitrogens with one attached hydrogen (secondary N) is 1. The Bertz CT molecular complexity index is 1470. The topological polar surface area (TPSA) is 111 Å². The van der Waals surface area contributed by atoms with Gasteiger partial charge in [0.2, 0.25) is 5.82 Å². The number of hydrogen-bond acceptors (Lipinski definition) is 7. The first-order chi connectivity index (χ1) is 18.2. The average molecular weight is 494 g/mol. The molecule has 5 aromatic rings. The molecule has 0 saturated carbocycles. The van der Waals surface area contributed by atoms with Gasteiger partial charge in [-0.15, -0.1) is 10.2 Å². The van der Waals surface area contributed by atoms with Crippen LogP contribution in [0.5, 0.6) is 0 Å². The van der Waals surface area contributed by atoms with Crippen molar-refractivity contribution in [2.24, 2.45) is 0 Å². The standard InChI is InChI=1S/C28H27N7O2/c1-3-4-5-26-30-25(24-16-29-15-14-23(24)28(36)37-2)18-35(26)17-19-6-8-20(9-7-19)21-10-12-22(13-11-21)27-31-33-34-32-27/h6-16,18H,3-5,17H2,1-2H3,(H,31,32,33,34). The first-order valence-corrected chi connectivity index (χ1v) is 12.2. The van der Waals surface area contributed by atoms with Gasteiger partial charge in [0.15, 0.2) is 0 Å². The molecule has 0 spiro atoms. The van der Waals surface area contributed by atoms with Crippen molar-refractivity contribution < 1.29 is 9.53 Å². The number of hydrogen-bond donors (Lipinski definition) is 1. The van der Waals surface area contributed by atoms with E-state index < -0.39 is 5.97 Å². The van der Waals surface area contributed by atoms with Gasteiger partial charge in [-0.05, 0) is 34.4 Å². The fraction of sp³-hybridized carbons (Fsp3) is 0.214. The molecule has 5 rings (SSSR count). The number of aryl methyl sites for hydroxylation is 1. The molecule has 0 amide bonds. The van der Waals surface area contributed by atoms with E-state index in [9.17, 15) is 4.79 Å². The van der Waals surface area contributed by atoms with E-state index in [0.29, 0.717) is 23.5 Å². The van der Waals surface area contributed by atoms with Gasteiger partial charge in [0.05, 0.1) is 18.4 Å². The number of H-pyrrole nitrogens is 1. The van der Waals surface area contributed by atoms with E-state index >= 15 is 0 Å². The van der Waals surface area contributed by atoms with Crippen molar-refractivity contribution in [2.75, 3.05) is 7.11 Å². The summed E-state index contributed by atoms with van der Waals surface area (Å²) in [5.74, 6) is 1.16. The minimum atomic E-state index is -0.400. The second-order valence-corrected chi connectivity index (χ2v) is 8.70. The maximum absolute atomic E-state index is 12.3. The first-order valence-electron chi connectivity index (χ1n) is 12.2. The van der Waals surface area contributed by atoms with Crippen LogP contribution in [0.1, 0.15) is 41.5 Å². The molecular weight excluding hydrogens is 466 g/mol. The van der Waals surface area contributed by atoms with Gasteiger partial charge in [-0.25, -0.2) is 9.78 Å². The van der Waals surface area contributed by atoms with Crippen molar-refractivity contribution >= 4 is 5.97 Å². The highest BCUT2D eigenvalue weighted by molar-refractivity contribution is 5.96. The van der Waals surface area contributed by atoms with Crippen molar-refractivity contribution in [3.63, 3.8) is 0 Å². The maximum atomic E-state index is 12.3. The molecule has 0 atom stereocenters. The van der Waals surface area contributed by atoms with Crippen LogP contribution in [0, 0.1) is 0 Å². The molecule has 37 heavy (non-hydrogen) atoms. The van der Waals surface area contributed by atoms with Gasteiger partial charge < -0.3 is 9.30 Å². The minimum Gasteiger partial charge on any atom is -0.465 e. The zero-order valence-corrected chi connectivity index (χ0v) is 20.8. The normalized spacial score (nSPS) is 11.0. The Morgan fingerprint density at radius 1 is 1.00 bits per heavy atom. The number of unbranched alkanes of at least 4 members (excludes halogenated alkanes) is 1. The number of rotatable bonds is 9. The highest BCUT2D eigenvalue weighted by atomic mass is 16.5. The summed E-state index contributed by atoms with van der Waals surface area (Å²) < 4.78 is 7.12. The van der Waals surface area contributed by atoms with Crippen LogP contribution in [0.3, 0.4) is 0 Å². The molecule has 3 heterocycles. The van der Waals surface area contributed by atoms with E-state index in [0.717, 1.165) is 53.0 Å². The van der Waals surface area contributed by atoms with Gasteiger partial charge in [0.25, 0.3) is 0 Å². The van der Waals surface area contributed by atoms with Crippen molar-refractivity contribution in [1.29, 1.82) is 0 Å². The number of tetrazole rings is 1. The lowest BCUT2D eigenvalue weighted by molar-refractivity contribution is 0.0601. The number of benzene rings is 2. The van der Waals surface area contributed by atoms with E-state index in [4.69, 9.17) is 9.72 Å². The molecule has 0 aliphatic rings. The van der Waals surface area contributed by atoms with Crippen molar-refractivity contribution in [2.45, 2.75) is 32.7 Å². The number of carbonyl (C=O) groups excluding carboxylic acids is 1. The molecule has 0 aliphatic carbocycles. The molecule has 0 unspecified atom stereocenters. The monoisotopic (exact) mass is 493 g/mol. The van der Waals surface area contributed by atoms with Crippen molar-refractivity contribution in [3.05, 3.63) is 90.1 Å². The third-order valence-corrected chi connectivity index (χ3v) is 6.24. The SMILES string of the molecule is CCCCc1nc(-c2cnccc2C(=O)OC)cn1Cc1ccc(-c2ccc(-c3nn[nH]n3)cc2)cc1. The van der Waals surface area contributed by atoms with E-state index in [2.05, 4.69) is 73.5 Å². The predicted molar refractivity (Wildman–Crippen MR) is 140 cm³/mol. The Morgan fingerprint density at radius 2 is 1.73 bits per heavy atom. The summed E-state index contributed by atoms with van der Waals surface area (Å²) >= 11 is 0. The number of methoxy groups -OCH3 is 1. The van der Waals surface area contributed by atoms with Crippen LogP contribution in [-0.4, -0.2) is 48.2 Å². The van der Waals surface area contributed by atoms with E-state index in [1.165, 1.54) is 7.11 Å². The van der Waals surface area contributed by atoms with Gasteiger partial charge in [-0.2, -0.15) is 5.21 Å². The number of aromatic amines is 1. The minimum absolute atomic E-state index is 0.400. The average Bonchev–Trinajstić information content (AvgIpc) is 3.63. The summed E-state index contributed by atoms with van der Waals surface area (Å²) in [6.07, 6.45) is 8.22. The number of esters is 1. The molecule has 0 fully saturated rings. The number of carbonyl (C=O) groups is 1. The Balaban J connectivity index is 1.38. The van der Waals surface area contributed by atoms with Crippen LogP contribution in [0.25, 0.3) is 33.8 Å². The lowest BCUT2D eigenvalue weighted by atomic mass is 10.0. The quantitative estimate of drug-likeness (QED) is 0.289. The summed E-state index contributed by atoms with van der Waals surface area (Å²) in [5.41, 5.74) is 6.16. The highest BCUT2D eigenvalue weighted by Crippen LogP contribution is 2.26. The number of nitrogens with zero attached hydrogens (tertiary/aromatic N) is 6. The van der Waals surface area contributed by atoms with Crippen LogP contribution in [0.2, 0.25) is 0 Å². The lowest BCUT2D eigenvalue weighted by Crippen LogP contribution is -2.04. The second kappa shape index (κ2) is 10.9. The number of pyridine rings is 1. The molecule has 0 radical (unpaired) electrons. The van der Waals surface area contributed by atoms with Crippen LogP contribution in [0.4, 0.5) is 0 Å². The van der Waals surface area contributed by atoms with Crippen LogP contribution in [0.15, 0.2) is 73.2 Å². The smallest absolute Gasteiger partial charge is 0.338 e. The molecular formula is C28H27N7O2. The van der Waals surface area contributed by atoms with E-state index in [1.807, 2.05) is 18.3 Å². The lowest BCUT2D eigenvalue weighted by Gasteiger charge is -2.09. The molecule has 3 aromatic heterocycles. The largest absolute Gasteiger partial charge is 0.465 e.